The minimum Gasteiger partial charge on any atom is -0.486 e. The zero-order chi connectivity index (χ0) is 19.3. The highest BCUT2D eigenvalue weighted by Crippen LogP contribution is 2.30. The third kappa shape index (κ3) is 4.42. The van der Waals surface area contributed by atoms with Gasteiger partial charge in [0.05, 0.1) is 31.0 Å². The van der Waals surface area contributed by atoms with Crippen LogP contribution in [0.25, 0.3) is 0 Å². The Balaban J connectivity index is 1.34. The molecule has 4 rings (SSSR count). The highest BCUT2D eigenvalue weighted by Gasteiger charge is 2.16. The predicted octanol–water partition coefficient (Wildman–Crippen LogP) is 1.83. The molecule has 0 atom stereocenters. The number of hydrogen-bond acceptors (Lipinski definition) is 8. The molecule has 1 saturated heterocycles. The van der Waals surface area contributed by atoms with Crippen LogP contribution < -0.4 is 19.8 Å². The number of amides is 1. The van der Waals surface area contributed by atoms with Crippen LogP contribution in [0.4, 0.5) is 5.13 Å². The van der Waals surface area contributed by atoms with E-state index >= 15 is 0 Å². The quantitative estimate of drug-likeness (QED) is 0.607. The van der Waals surface area contributed by atoms with Crippen LogP contribution in [0.1, 0.15) is 18.2 Å². The van der Waals surface area contributed by atoms with Gasteiger partial charge in [0.15, 0.2) is 16.6 Å². The lowest BCUT2D eigenvalue weighted by Crippen LogP contribution is -2.36. The molecule has 9 heteroatoms. The second-order valence-corrected chi connectivity index (χ2v) is 7.32. The van der Waals surface area contributed by atoms with Gasteiger partial charge in [0.1, 0.15) is 13.2 Å². The van der Waals surface area contributed by atoms with Crippen LogP contribution in [0.2, 0.25) is 0 Å². The van der Waals surface area contributed by atoms with Crippen molar-refractivity contribution in [1.29, 1.82) is 0 Å². The lowest BCUT2D eigenvalue weighted by atomic mass is 10.1. The first kappa shape index (κ1) is 18.7. The fraction of sp³-hybridized carbons (Fsp3) is 0.421. The van der Waals surface area contributed by atoms with E-state index in [4.69, 9.17) is 14.2 Å². The van der Waals surface area contributed by atoms with E-state index in [1.807, 2.05) is 30.5 Å². The smallest absolute Gasteiger partial charge is 0.246 e. The van der Waals surface area contributed by atoms with Crippen LogP contribution >= 0.6 is 11.3 Å². The molecule has 0 bridgehead atoms. The largest absolute Gasteiger partial charge is 0.486 e. The van der Waals surface area contributed by atoms with Gasteiger partial charge < -0.3 is 19.1 Å². The number of hydrazone groups is 1. The van der Waals surface area contributed by atoms with Gasteiger partial charge in [0.2, 0.25) is 5.91 Å². The molecule has 8 nitrogen and oxygen atoms in total. The van der Waals surface area contributed by atoms with Gasteiger partial charge in [-0.1, -0.05) is 0 Å². The average molecular weight is 402 g/mol. The molecule has 1 aromatic carbocycles. The van der Waals surface area contributed by atoms with E-state index in [9.17, 15) is 4.79 Å². The molecule has 1 amide bonds. The number of morpholine rings is 1. The van der Waals surface area contributed by atoms with Crippen LogP contribution in [-0.4, -0.2) is 56.1 Å². The van der Waals surface area contributed by atoms with E-state index < -0.39 is 0 Å². The summed E-state index contributed by atoms with van der Waals surface area (Å²) in [4.78, 5) is 19.0. The Morgan fingerprint density at radius 2 is 2.00 bits per heavy atom. The maximum absolute atomic E-state index is 12.2. The number of nitrogens with one attached hydrogen (secondary N) is 1. The van der Waals surface area contributed by atoms with E-state index in [1.165, 1.54) is 0 Å². The van der Waals surface area contributed by atoms with Crippen molar-refractivity contribution < 1.29 is 19.0 Å². The number of ether oxygens (including phenoxy) is 3. The molecular weight excluding hydrogens is 380 g/mol. The Morgan fingerprint density at radius 1 is 1.21 bits per heavy atom. The van der Waals surface area contributed by atoms with Gasteiger partial charge in [0, 0.05) is 24.0 Å². The minimum absolute atomic E-state index is 0.193. The molecule has 148 valence electrons. The molecule has 2 aliphatic heterocycles. The lowest BCUT2D eigenvalue weighted by molar-refractivity contribution is -0.120. The standard InChI is InChI=1S/C19H22N4O4S/c1-13(14-2-3-16-17(10-14)27-9-8-26-16)21-22-18(24)11-15-12-28-19(20-15)23-4-6-25-7-5-23/h2-3,10,12H,4-9,11H2,1H3,(H,22,24)/b21-13-. The number of thiazole rings is 1. The van der Waals surface area contributed by atoms with Crippen LogP contribution in [0.5, 0.6) is 11.5 Å². The van der Waals surface area contributed by atoms with Gasteiger partial charge in [-0.25, -0.2) is 10.4 Å². The van der Waals surface area contributed by atoms with Gasteiger partial charge in [-0.2, -0.15) is 5.10 Å². The van der Waals surface area contributed by atoms with Gasteiger partial charge in [0.25, 0.3) is 0 Å². The van der Waals surface area contributed by atoms with Gasteiger partial charge >= 0.3 is 0 Å². The number of carbonyl (C=O) groups excluding carboxylic acids is 1. The Labute approximate surface area is 167 Å². The number of benzene rings is 1. The molecule has 2 aromatic rings. The van der Waals surface area contributed by atoms with Crippen molar-refractivity contribution in [2.75, 3.05) is 44.4 Å². The fourth-order valence-corrected chi connectivity index (χ4v) is 3.84. The summed E-state index contributed by atoms with van der Waals surface area (Å²) < 4.78 is 16.5. The third-order valence-corrected chi connectivity index (χ3v) is 5.42. The first-order chi connectivity index (χ1) is 13.7. The molecule has 0 unspecified atom stereocenters. The van der Waals surface area contributed by atoms with Crippen LogP contribution in [0, 0.1) is 0 Å². The van der Waals surface area contributed by atoms with Crippen molar-refractivity contribution in [1.82, 2.24) is 10.4 Å². The summed E-state index contributed by atoms with van der Waals surface area (Å²) in [6.45, 7) is 6.01. The first-order valence-electron chi connectivity index (χ1n) is 9.19. The van der Waals surface area contributed by atoms with Crippen LogP contribution in [0.3, 0.4) is 0 Å². The molecule has 1 N–H and O–H groups in total. The van der Waals surface area contributed by atoms with E-state index in [0.717, 1.165) is 35.2 Å². The monoisotopic (exact) mass is 402 g/mol. The Bertz CT molecular complexity index is 877. The lowest BCUT2D eigenvalue weighted by Gasteiger charge is -2.26. The summed E-state index contributed by atoms with van der Waals surface area (Å²) in [5, 5.41) is 7.06. The predicted molar refractivity (Wildman–Crippen MR) is 107 cm³/mol. The number of fused-ring (bicyclic) bond motifs is 1. The summed E-state index contributed by atoms with van der Waals surface area (Å²) in [5.74, 6) is 1.23. The van der Waals surface area contributed by atoms with Crippen molar-refractivity contribution in [3.05, 3.63) is 34.8 Å². The van der Waals surface area contributed by atoms with Crippen LogP contribution in [-0.2, 0) is 16.0 Å². The Kier molecular flexibility index (Phi) is 5.73. The molecule has 0 radical (unpaired) electrons. The molecule has 3 heterocycles. The van der Waals surface area contributed by atoms with Crippen LogP contribution in [0.15, 0.2) is 28.7 Å². The summed E-state index contributed by atoms with van der Waals surface area (Å²) in [6, 6.07) is 5.62. The molecule has 1 fully saturated rings. The number of carbonyl (C=O) groups is 1. The van der Waals surface area contributed by atoms with E-state index in [0.29, 0.717) is 37.9 Å². The minimum atomic E-state index is -0.198. The zero-order valence-electron chi connectivity index (χ0n) is 15.6. The zero-order valence-corrected chi connectivity index (χ0v) is 16.5. The normalized spacial score (nSPS) is 16.8. The fourth-order valence-electron chi connectivity index (χ4n) is 2.96. The number of anilines is 1. The van der Waals surface area contributed by atoms with Crippen molar-refractivity contribution >= 4 is 28.1 Å². The highest BCUT2D eigenvalue weighted by atomic mass is 32.1. The SMILES string of the molecule is C/C(=N/NC(=O)Cc1csc(N2CCOCC2)n1)c1ccc2c(c1)OCCO2. The molecule has 0 aliphatic carbocycles. The molecule has 0 saturated carbocycles. The second kappa shape index (κ2) is 8.57. The molecule has 0 spiro atoms. The van der Waals surface area contributed by atoms with Crippen molar-refractivity contribution in [3.63, 3.8) is 0 Å². The van der Waals surface area contributed by atoms with Gasteiger partial charge in [-0.15, -0.1) is 11.3 Å². The van der Waals surface area contributed by atoms with Crippen molar-refractivity contribution in [2.45, 2.75) is 13.3 Å². The van der Waals surface area contributed by atoms with E-state index in [-0.39, 0.29) is 12.3 Å². The maximum Gasteiger partial charge on any atom is 0.246 e. The van der Waals surface area contributed by atoms with Crippen molar-refractivity contribution in [2.24, 2.45) is 5.10 Å². The summed E-state index contributed by atoms with van der Waals surface area (Å²) in [7, 11) is 0. The summed E-state index contributed by atoms with van der Waals surface area (Å²) in [5.41, 5.74) is 4.91. The Hall–Kier alpha value is -2.65. The van der Waals surface area contributed by atoms with E-state index in [2.05, 4.69) is 20.4 Å². The summed E-state index contributed by atoms with van der Waals surface area (Å²) >= 11 is 1.55. The Morgan fingerprint density at radius 3 is 2.82 bits per heavy atom. The number of rotatable bonds is 5. The van der Waals surface area contributed by atoms with E-state index in [1.54, 1.807) is 11.3 Å². The molecule has 1 aromatic heterocycles. The second-order valence-electron chi connectivity index (χ2n) is 6.49. The topological polar surface area (TPSA) is 85.3 Å². The first-order valence-corrected chi connectivity index (χ1v) is 10.1. The third-order valence-electron chi connectivity index (χ3n) is 4.47. The van der Waals surface area contributed by atoms with Gasteiger partial charge in [-0.05, 0) is 25.1 Å². The number of hydrogen-bond donors (Lipinski definition) is 1. The number of nitrogens with zero attached hydrogens (tertiary/aromatic N) is 3. The highest BCUT2D eigenvalue weighted by molar-refractivity contribution is 7.13. The van der Waals surface area contributed by atoms with Crippen molar-refractivity contribution in [3.8, 4) is 11.5 Å². The average Bonchev–Trinajstić information content (AvgIpc) is 3.20. The molecule has 2 aliphatic rings. The summed E-state index contributed by atoms with van der Waals surface area (Å²) in [6.07, 6.45) is 0.193. The molecule has 28 heavy (non-hydrogen) atoms. The van der Waals surface area contributed by atoms with Gasteiger partial charge in [-0.3, -0.25) is 4.79 Å². The maximum atomic E-state index is 12.2. The molecular formula is C19H22N4O4S. The number of aromatic nitrogens is 1.